The number of esters is 1. The van der Waals surface area contributed by atoms with Crippen molar-refractivity contribution in [2.45, 2.75) is 26.8 Å². The summed E-state index contributed by atoms with van der Waals surface area (Å²) in [5.74, 6) is -0.992. The van der Waals surface area contributed by atoms with Gasteiger partial charge in [0.05, 0.1) is 35.8 Å². The van der Waals surface area contributed by atoms with E-state index in [0.29, 0.717) is 21.8 Å². The standard InChI is InChI=1S/C25H26N2O5S/c1-5-32-25(30)20-15(2)21(23(29)26-16(3)17-11-7-6-8-12-17)33-24(20)27-22(28)18-13-9-10-14-19(18)31-4/h6-14,16H,5H2,1-4H3,(H,26,29)(H,27,28). The van der Waals surface area contributed by atoms with Gasteiger partial charge < -0.3 is 20.1 Å². The molecule has 8 heteroatoms. The van der Waals surface area contributed by atoms with Crippen LogP contribution in [0, 0.1) is 6.92 Å². The van der Waals surface area contributed by atoms with Crippen LogP contribution in [0.3, 0.4) is 0 Å². The molecular formula is C25H26N2O5S. The number of hydrogen-bond acceptors (Lipinski definition) is 6. The van der Waals surface area contributed by atoms with Crippen LogP contribution >= 0.6 is 11.3 Å². The summed E-state index contributed by atoms with van der Waals surface area (Å²) < 4.78 is 10.4. The number of benzene rings is 2. The van der Waals surface area contributed by atoms with E-state index in [1.807, 2.05) is 37.3 Å². The van der Waals surface area contributed by atoms with Crippen LogP contribution in [-0.4, -0.2) is 31.5 Å². The minimum Gasteiger partial charge on any atom is -0.496 e. The van der Waals surface area contributed by atoms with Gasteiger partial charge >= 0.3 is 5.97 Å². The number of carbonyl (C=O) groups excluding carboxylic acids is 3. The first kappa shape index (κ1) is 24.0. The number of ether oxygens (including phenoxy) is 2. The molecule has 1 unspecified atom stereocenters. The molecule has 3 rings (SSSR count). The van der Waals surface area contributed by atoms with E-state index in [2.05, 4.69) is 10.6 Å². The summed E-state index contributed by atoms with van der Waals surface area (Å²) in [6.45, 7) is 5.42. The predicted molar refractivity (Wildman–Crippen MR) is 128 cm³/mol. The fourth-order valence-electron chi connectivity index (χ4n) is 3.36. The van der Waals surface area contributed by atoms with Crippen molar-refractivity contribution in [1.82, 2.24) is 5.32 Å². The first-order valence-electron chi connectivity index (χ1n) is 10.5. The second-order valence-corrected chi connectivity index (χ2v) is 8.26. The van der Waals surface area contributed by atoms with E-state index >= 15 is 0 Å². The summed E-state index contributed by atoms with van der Waals surface area (Å²) in [7, 11) is 1.47. The number of para-hydroxylation sites is 1. The zero-order chi connectivity index (χ0) is 24.0. The van der Waals surface area contributed by atoms with Gasteiger partial charge in [-0.3, -0.25) is 9.59 Å². The summed E-state index contributed by atoms with van der Waals surface area (Å²) in [4.78, 5) is 39.0. The highest BCUT2D eigenvalue weighted by atomic mass is 32.1. The molecule has 33 heavy (non-hydrogen) atoms. The Labute approximate surface area is 196 Å². The molecule has 0 saturated heterocycles. The Bertz CT molecular complexity index is 1160. The van der Waals surface area contributed by atoms with Crippen molar-refractivity contribution < 1.29 is 23.9 Å². The maximum absolute atomic E-state index is 13.1. The third kappa shape index (κ3) is 5.40. The van der Waals surface area contributed by atoms with Gasteiger partial charge in [0, 0.05) is 0 Å². The normalized spacial score (nSPS) is 11.4. The number of amides is 2. The van der Waals surface area contributed by atoms with Gasteiger partial charge in [-0.1, -0.05) is 42.5 Å². The van der Waals surface area contributed by atoms with Crippen molar-refractivity contribution in [3.8, 4) is 5.75 Å². The van der Waals surface area contributed by atoms with Crippen LogP contribution in [0.5, 0.6) is 5.75 Å². The first-order valence-corrected chi connectivity index (χ1v) is 11.3. The maximum Gasteiger partial charge on any atom is 0.341 e. The van der Waals surface area contributed by atoms with Gasteiger partial charge in [0.15, 0.2) is 0 Å². The molecule has 0 radical (unpaired) electrons. The molecule has 0 spiro atoms. The molecule has 2 N–H and O–H groups in total. The summed E-state index contributed by atoms with van der Waals surface area (Å²) in [6.07, 6.45) is 0. The Morgan fingerprint density at radius 3 is 2.33 bits per heavy atom. The monoisotopic (exact) mass is 466 g/mol. The van der Waals surface area contributed by atoms with E-state index in [4.69, 9.17) is 9.47 Å². The van der Waals surface area contributed by atoms with Gasteiger partial charge in [-0.25, -0.2) is 4.79 Å². The molecule has 1 aromatic heterocycles. The molecule has 1 atom stereocenters. The fourth-order valence-corrected chi connectivity index (χ4v) is 4.45. The van der Waals surface area contributed by atoms with Crippen LogP contribution in [0.25, 0.3) is 0 Å². The Morgan fingerprint density at radius 1 is 1.00 bits per heavy atom. The lowest BCUT2D eigenvalue weighted by atomic mass is 10.1. The number of rotatable bonds is 8. The number of hydrogen-bond donors (Lipinski definition) is 2. The van der Waals surface area contributed by atoms with Crippen LogP contribution < -0.4 is 15.4 Å². The average molecular weight is 467 g/mol. The molecule has 0 bridgehead atoms. The molecular weight excluding hydrogens is 440 g/mol. The molecule has 0 aliphatic rings. The maximum atomic E-state index is 13.1. The number of nitrogens with one attached hydrogen (secondary N) is 2. The van der Waals surface area contributed by atoms with E-state index in [0.717, 1.165) is 16.9 Å². The minimum atomic E-state index is -0.600. The van der Waals surface area contributed by atoms with Gasteiger partial charge in [0.25, 0.3) is 11.8 Å². The van der Waals surface area contributed by atoms with E-state index < -0.39 is 11.9 Å². The third-order valence-electron chi connectivity index (χ3n) is 5.06. The topological polar surface area (TPSA) is 93.7 Å². The molecule has 2 amide bonds. The molecule has 2 aromatic carbocycles. The smallest absolute Gasteiger partial charge is 0.341 e. The third-order valence-corrected chi connectivity index (χ3v) is 6.26. The van der Waals surface area contributed by atoms with E-state index in [1.54, 1.807) is 38.1 Å². The minimum absolute atomic E-state index is 0.167. The average Bonchev–Trinajstić information content (AvgIpc) is 3.15. The number of anilines is 1. The van der Waals surface area contributed by atoms with E-state index in [1.165, 1.54) is 7.11 Å². The van der Waals surface area contributed by atoms with Crippen molar-refractivity contribution >= 4 is 34.1 Å². The highest BCUT2D eigenvalue weighted by molar-refractivity contribution is 7.18. The quantitative estimate of drug-likeness (QED) is 0.457. The predicted octanol–water partition coefficient (Wildman–Crippen LogP) is 4.99. The van der Waals surface area contributed by atoms with Gasteiger partial charge in [-0.15, -0.1) is 11.3 Å². The SMILES string of the molecule is CCOC(=O)c1c(NC(=O)c2ccccc2OC)sc(C(=O)NC(C)c2ccccc2)c1C. The second kappa shape index (κ2) is 10.8. The van der Waals surface area contributed by atoms with Crippen LogP contribution in [0.2, 0.25) is 0 Å². The van der Waals surface area contributed by atoms with Crippen LogP contribution in [0.4, 0.5) is 5.00 Å². The molecule has 172 valence electrons. The molecule has 0 fully saturated rings. The summed E-state index contributed by atoms with van der Waals surface area (Å²) in [5.41, 5.74) is 1.88. The van der Waals surface area contributed by atoms with Crippen molar-refractivity contribution in [2.75, 3.05) is 19.0 Å². The van der Waals surface area contributed by atoms with Gasteiger partial charge in [0.2, 0.25) is 0 Å². The van der Waals surface area contributed by atoms with Gasteiger partial charge in [0.1, 0.15) is 10.8 Å². The lowest BCUT2D eigenvalue weighted by molar-refractivity contribution is 0.0527. The van der Waals surface area contributed by atoms with Crippen molar-refractivity contribution in [2.24, 2.45) is 0 Å². The molecule has 1 heterocycles. The summed E-state index contributed by atoms with van der Waals surface area (Å²) in [5, 5.41) is 5.96. The van der Waals surface area contributed by atoms with E-state index in [9.17, 15) is 14.4 Å². The Balaban J connectivity index is 1.93. The van der Waals surface area contributed by atoms with Gasteiger partial charge in [-0.05, 0) is 44.0 Å². The Morgan fingerprint density at radius 2 is 1.67 bits per heavy atom. The summed E-state index contributed by atoms with van der Waals surface area (Å²) in [6, 6.07) is 16.1. The lowest BCUT2D eigenvalue weighted by Crippen LogP contribution is -2.26. The largest absolute Gasteiger partial charge is 0.496 e. The van der Waals surface area contributed by atoms with Crippen LogP contribution in [0.1, 0.15) is 61.4 Å². The summed E-state index contributed by atoms with van der Waals surface area (Å²) >= 11 is 1.04. The highest BCUT2D eigenvalue weighted by Gasteiger charge is 2.28. The zero-order valence-corrected chi connectivity index (χ0v) is 19.7. The molecule has 0 saturated carbocycles. The molecule has 3 aromatic rings. The van der Waals surface area contributed by atoms with Crippen LogP contribution in [0.15, 0.2) is 54.6 Å². The molecule has 0 aliphatic heterocycles. The Hall–Kier alpha value is -3.65. The van der Waals surface area contributed by atoms with Crippen molar-refractivity contribution in [3.05, 3.63) is 81.7 Å². The van der Waals surface area contributed by atoms with Crippen LogP contribution in [-0.2, 0) is 4.74 Å². The lowest BCUT2D eigenvalue weighted by Gasteiger charge is -2.14. The number of thiophene rings is 1. The van der Waals surface area contributed by atoms with Crippen molar-refractivity contribution in [3.63, 3.8) is 0 Å². The van der Waals surface area contributed by atoms with Crippen molar-refractivity contribution in [1.29, 1.82) is 0 Å². The fraction of sp³-hybridized carbons (Fsp3) is 0.240. The zero-order valence-electron chi connectivity index (χ0n) is 18.9. The molecule has 7 nitrogen and oxygen atoms in total. The Kier molecular flexibility index (Phi) is 7.84. The number of carbonyl (C=O) groups is 3. The second-order valence-electron chi connectivity index (χ2n) is 7.24. The van der Waals surface area contributed by atoms with Gasteiger partial charge in [-0.2, -0.15) is 0 Å². The highest BCUT2D eigenvalue weighted by Crippen LogP contribution is 2.35. The number of methoxy groups -OCH3 is 1. The molecule has 0 aliphatic carbocycles. The van der Waals surface area contributed by atoms with E-state index in [-0.39, 0.29) is 29.1 Å². The first-order chi connectivity index (χ1) is 15.9.